The molecule has 6 nitrogen and oxygen atoms in total. The number of aromatic amines is 2. The first-order valence-corrected chi connectivity index (χ1v) is 7.12. The predicted molar refractivity (Wildman–Crippen MR) is 81.7 cm³/mol. The highest BCUT2D eigenvalue weighted by molar-refractivity contribution is 5.97. The topological polar surface area (TPSA) is 86.0 Å². The largest absolute Gasteiger partial charge is 0.339 e. The summed E-state index contributed by atoms with van der Waals surface area (Å²) in [6, 6.07) is 4.90. The van der Waals surface area contributed by atoms with Gasteiger partial charge < -0.3 is 14.9 Å². The van der Waals surface area contributed by atoms with Crippen molar-refractivity contribution in [2.45, 2.75) is 26.7 Å². The van der Waals surface area contributed by atoms with E-state index in [4.69, 9.17) is 0 Å². The minimum absolute atomic E-state index is 0.0624. The third-order valence-corrected chi connectivity index (χ3v) is 3.24. The van der Waals surface area contributed by atoms with E-state index in [-0.39, 0.29) is 5.91 Å². The molecule has 0 spiro atoms. The molecule has 1 aromatic heterocycles. The van der Waals surface area contributed by atoms with Crippen LogP contribution < -0.4 is 11.1 Å². The molecule has 21 heavy (non-hydrogen) atoms. The Hall–Kier alpha value is -2.37. The maximum atomic E-state index is 12.5. The summed E-state index contributed by atoms with van der Waals surface area (Å²) in [7, 11) is 0. The Balaban J connectivity index is 2.41. The van der Waals surface area contributed by atoms with Gasteiger partial charge >= 0.3 is 11.1 Å². The third-order valence-electron chi connectivity index (χ3n) is 3.24. The van der Waals surface area contributed by atoms with Gasteiger partial charge in [-0.15, -0.1) is 0 Å². The summed E-state index contributed by atoms with van der Waals surface area (Å²) in [6.07, 6.45) is 1.78. The summed E-state index contributed by atoms with van der Waals surface area (Å²) in [6.45, 7) is 5.46. The van der Waals surface area contributed by atoms with Crippen LogP contribution in [0.15, 0.2) is 27.8 Å². The highest BCUT2D eigenvalue weighted by Gasteiger charge is 2.14. The average molecular weight is 289 g/mol. The van der Waals surface area contributed by atoms with E-state index >= 15 is 0 Å². The molecule has 0 saturated heterocycles. The van der Waals surface area contributed by atoms with Gasteiger partial charge in [-0.3, -0.25) is 14.4 Å². The molecule has 2 rings (SSSR count). The molecule has 0 aliphatic heterocycles. The van der Waals surface area contributed by atoms with E-state index in [9.17, 15) is 14.4 Å². The highest BCUT2D eigenvalue weighted by atomic mass is 16.2. The molecule has 1 heterocycles. The number of aromatic nitrogens is 2. The molecule has 0 aliphatic rings. The van der Waals surface area contributed by atoms with E-state index in [0.717, 1.165) is 12.8 Å². The minimum Gasteiger partial charge on any atom is -0.339 e. The highest BCUT2D eigenvalue weighted by Crippen LogP contribution is 2.12. The number of H-pyrrole nitrogens is 2. The number of nitrogens with one attached hydrogen (secondary N) is 2. The van der Waals surface area contributed by atoms with Gasteiger partial charge in [0.2, 0.25) is 0 Å². The van der Waals surface area contributed by atoms with Crippen LogP contribution in [0.5, 0.6) is 0 Å². The summed E-state index contributed by atoms with van der Waals surface area (Å²) in [5.41, 5.74) is 0.0606. The van der Waals surface area contributed by atoms with E-state index in [2.05, 4.69) is 9.97 Å². The second kappa shape index (κ2) is 6.39. The number of carbonyl (C=O) groups is 1. The van der Waals surface area contributed by atoms with Crippen LogP contribution in [0.3, 0.4) is 0 Å². The molecule has 0 unspecified atom stereocenters. The van der Waals surface area contributed by atoms with Crippen LogP contribution in [0, 0.1) is 0 Å². The molecule has 0 saturated carbocycles. The second-order valence-corrected chi connectivity index (χ2v) is 4.96. The fourth-order valence-corrected chi connectivity index (χ4v) is 2.29. The Kier molecular flexibility index (Phi) is 4.57. The Bertz CT molecular complexity index is 755. The molecule has 6 heteroatoms. The van der Waals surface area contributed by atoms with E-state index in [1.165, 1.54) is 0 Å². The van der Waals surface area contributed by atoms with Gasteiger partial charge in [-0.25, -0.2) is 0 Å². The Labute approximate surface area is 121 Å². The number of hydrogen-bond acceptors (Lipinski definition) is 3. The van der Waals surface area contributed by atoms with Crippen molar-refractivity contribution in [1.29, 1.82) is 0 Å². The minimum atomic E-state index is -0.717. The SMILES string of the molecule is CCCN(CCC)C(=O)c1ccc2[nH]c(=O)c(=O)[nH]c2c1. The number of nitrogens with zero attached hydrogens (tertiary/aromatic N) is 1. The molecular formula is C15H19N3O3. The van der Waals surface area contributed by atoms with Gasteiger partial charge in [0, 0.05) is 18.7 Å². The molecular weight excluding hydrogens is 270 g/mol. The standard InChI is InChI=1S/C15H19N3O3/c1-3-7-18(8-4-2)15(21)10-5-6-11-12(9-10)17-14(20)13(19)16-11/h5-6,9H,3-4,7-8H2,1-2H3,(H,16,19)(H,17,20). The van der Waals surface area contributed by atoms with Crippen LogP contribution in [0.25, 0.3) is 11.0 Å². The van der Waals surface area contributed by atoms with Gasteiger partial charge in [0.25, 0.3) is 5.91 Å². The summed E-state index contributed by atoms with van der Waals surface area (Å²) >= 11 is 0. The first-order chi connectivity index (χ1) is 10.1. The Morgan fingerprint density at radius 3 is 2.14 bits per heavy atom. The normalized spacial score (nSPS) is 10.8. The van der Waals surface area contributed by atoms with E-state index in [1.807, 2.05) is 13.8 Å². The van der Waals surface area contributed by atoms with Gasteiger partial charge in [0.15, 0.2) is 0 Å². The number of benzene rings is 1. The third kappa shape index (κ3) is 3.21. The van der Waals surface area contributed by atoms with Crippen molar-refractivity contribution in [2.24, 2.45) is 0 Å². The van der Waals surface area contributed by atoms with E-state index in [1.54, 1.807) is 23.1 Å². The maximum absolute atomic E-state index is 12.5. The number of hydrogen-bond donors (Lipinski definition) is 2. The zero-order chi connectivity index (χ0) is 15.4. The molecule has 112 valence electrons. The molecule has 1 amide bonds. The van der Waals surface area contributed by atoms with Crippen LogP contribution >= 0.6 is 0 Å². The van der Waals surface area contributed by atoms with E-state index < -0.39 is 11.1 Å². The zero-order valence-corrected chi connectivity index (χ0v) is 12.2. The van der Waals surface area contributed by atoms with Crippen LogP contribution in [0.4, 0.5) is 0 Å². The quantitative estimate of drug-likeness (QED) is 0.817. The van der Waals surface area contributed by atoms with Crippen molar-refractivity contribution in [3.8, 4) is 0 Å². The molecule has 1 aromatic carbocycles. The first kappa shape index (κ1) is 15.0. The molecule has 0 fully saturated rings. The van der Waals surface area contributed by atoms with E-state index in [0.29, 0.717) is 29.7 Å². The summed E-state index contributed by atoms with van der Waals surface area (Å²) in [5, 5.41) is 0. The van der Waals surface area contributed by atoms with Crippen molar-refractivity contribution in [1.82, 2.24) is 14.9 Å². The monoisotopic (exact) mass is 289 g/mol. The smallest absolute Gasteiger partial charge is 0.314 e. The fraction of sp³-hybridized carbons (Fsp3) is 0.400. The number of fused-ring (bicyclic) bond motifs is 1. The summed E-state index contributed by atoms with van der Waals surface area (Å²) in [5.74, 6) is -0.0624. The first-order valence-electron chi connectivity index (χ1n) is 7.12. The maximum Gasteiger partial charge on any atom is 0.314 e. The van der Waals surface area contributed by atoms with Gasteiger partial charge in [0.05, 0.1) is 11.0 Å². The van der Waals surface area contributed by atoms with Crippen molar-refractivity contribution >= 4 is 16.9 Å². The lowest BCUT2D eigenvalue weighted by Gasteiger charge is -2.21. The summed E-state index contributed by atoms with van der Waals surface area (Å²) < 4.78 is 0. The van der Waals surface area contributed by atoms with Crippen molar-refractivity contribution in [3.63, 3.8) is 0 Å². The van der Waals surface area contributed by atoms with Crippen LogP contribution in [-0.4, -0.2) is 33.9 Å². The molecule has 0 bridgehead atoms. The molecule has 0 aliphatic carbocycles. The second-order valence-electron chi connectivity index (χ2n) is 4.96. The van der Waals surface area contributed by atoms with Gasteiger partial charge in [0.1, 0.15) is 0 Å². The lowest BCUT2D eigenvalue weighted by Crippen LogP contribution is -2.32. The number of amides is 1. The zero-order valence-electron chi connectivity index (χ0n) is 12.2. The average Bonchev–Trinajstić information content (AvgIpc) is 2.47. The van der Waals surface area contributed by atoms with Crippen molar-refractivity contribution in [3.05, 3.63) is 44.5 Å². The molecule has 2 aromatic rings. The summed E-state index contributed by atoms with van der Waals surface area (Å²) in [4.78, 5) is 41.9. The number of rotatable bonds is 5. The Morgan fingerprint density at radius 1 is 1.00 bits per heavy atom. The van der Waals surface area contributed by atoms with Gasteiger partial charge in [-0.1, -0.05) is 13.8 Å². The van der Waals surface area contributed by atoms with Gasteiger partial charge in [-0.05, 0) is 31.0 Å². The van der Waals surface area contributed by atoms with Crippen LogP contribution in [0.1, 0.15) is 37.0 Å². The molecule has 2 N–H and O–H groups in total. The van der Waals surface area contributed by atoms with Crippen LogP contribution in [0.2, 0.25) is 0 Å². The predicted octanol–water partition coefficient (Wildman–Crippen LogP) is 1.48. The lowest BCUT2D eigenvalue weighted by atomic mass is 10.1. The van der Waals surface area contributed by atoms with Crippen molar-refractivity contribution < 1.29 is 4.79 Å². The Morgan fingerprint density at radius 2 is 1.57 bits per heavy atom. The van der Waals surface area contributed by atoms with Crippen molar-refractivity contribution in [2.75, 3.05) is 13.1 Å². The number of carbonyl (C=O) groups excluding carboxylic acids is 1. The lowest BCUT2D eigenvalue weighted by molar-refractivity contribution is 0.0755. The van der Waals surface area contributed by atoms with Gasteiger partial charge in [-0.2, -0.15) is 0 Å². The molecule has 0 radical (unpaired) electrons. The molecule has 0 atom stereocenters. The fourth-order valence-electron chi connectivity index (χ4n) is 2.29. The van der Waals surface area contributed by atoms with Crippen LogP contribution in [-0.2, 0) is 0 Å².